The molecule has 1 aliphatic carbocycles. The van der Waals surface area contributed by atoms with Crippen LogP contribution in [-0.2, 0) is 9.53 Å². The Labute approximate surface area is 153 Å². The van der Waals surface area contributed by atoms with Crippen molar-refractivity contribution >= 4 is 12.0 Å². The van der Waals surface area contributed by atoms with Crippen molar-refractivity contribution in [1.29, 1.82) is 0 Å². The largest absolute Gasteiger partial charge is 0.494 e. The van der Waals surface area contributed by atoms with Crippen molar-refractivity contribution in [2.45, 2.75) is 52.2 Å². The molecule has 1 aromatic rings. The molecule has 1 aliphatic heterocycles. The van der Waals surface area contributed by atoms with E-state index in [1.54, 1.807) is 6.92 Å². The van der Waals surface area contributed by atoms with Crippen molar-refractivity contribution in [3.8, 4) is 5.75 Å². The molecular weight excluding hydrogens is 332 g/mol. The van der Waals surface area contributed by atoms with Crippen molar-refractivity contribution in [1.82, 2.24) is 10.6 Å². The van der Waals surface area contributed by atoms with Gasteiger partial charge in [0.25, 0.3) is 0 Å². The van der Waals surface area contributed by atoms with Gasteiger partial charge in [0.15, 0.2) is 0 Å². The monoisotopic (exact) mass is 358 g/mol. The first-order valence-corrected chi connectivity index (χ1v) is 9.21. The van der Waals surface area contributed by atoms with E-state index in [1.165, 1.54) is 0 Å². The van der Waals surface area contributed by atoms with Crippen LogP contribution in [0.3, 0.4) is 0 Å². The second-order valence-corrected chi connectivity index (χ2v) is 6.92. The van der Waals surface area contributed by atoms with E-state index in [9.17, 15) is 9.59 Å². The maximum absolute atomic E-state index is 12.9. The number of amides is 2. The van der Waals surface area contributed by atoms with E-state index in [0.717, 1.165) is 30.6 Å². The van der Waals surface area contributed by atoms with Crippen LogP contribution in [0.5, 0.6) is 5.75 Å². The number of carbonyl (C=O) groups excluding carboxylic acids is 2. The molecule has 1 saturated carbocycles. The highest BCUT2D eigenvalue weighted by molar-refractivity contribution is 5.95. The summed E-state index contributed by atoms with van der Waals surface area (Å²) in [6, 6.07) is 6.53. The summed E-state index contributed by atoms with van der Waals surface area (Å²) in [5.41, 5.74) is 1.80. The van der Waals surface area contributed by atoms with E-state index in [0.29, 0.717) is 23.8 Å². The van der Waals surface area contributed by atoms with Crippen LogP contribution >= 0.6 is 0 Å². The lowest BCUT2D eigenvalue weighted by atomic mass is 9.95. The fraction of sp³-hybridized carbons (Fsp3) is 0.500. The topological polar surface area (TPSA) is 76.7 Å². The van der Waals surface area contributed by atoms with Crippen LogP contribution in [0.15, 0.2) is 35.5 Å². The van der Waals surface area contributed by atoms with Crippen LogP contribution in [-0.4, -0.2) is 24.7 Å². The molecule has 0 unspecified atom stereocenters. The van der Waals surface area contributed by atoms with Gasteiger partial charge in [0, 0.05) is 5.70 Å². The van der Waals surface area contributed by atoms with Crippen LogP contribution in [0.2, 0.25) is 0 Å². The Morgan fingerprint density at radius 2 is 1.96 bits per heavy atom. The number of urea groups is 1. The molecule has 2 amide bonds. The average Bonchev–Trinajstić information content (AvgIpc) is 3.00. The highest BCUT2D eigenvalue weighted by Gasteiger charge is 2.35. The van der Waals surface area contributed by atoms with Crippen molar-refractivity contribution in [2.24, 2.45) is 5.92 Å². The van der Waals surface area contributed by atoms with Gasteiger partial charge in [0.1, 0.15) is 11.9 Å². The third kappa shape index (κ3) is 3.84. The SMILES string of the molecule is CCOc1ccc([C@@H]2NC(=O)NC(C)=C2C(=O)O[C@@H]2CCC[C@H]2C)cc1. The fourth-order valence-electron chi connectivity index (χ4n) is 3.63. The highest BCUT2D eigenvalue weighted by atomic mass is 16.5. The molecule has 1 aromatic carbocycles. The zero-order valence-electron chi connectivity index (χ0n) is 15.5. The van der Waals surface area contributed by atoms with E-state index in [4.69, 9.17) is 9.47 Å². The van der Waals surface area contributed by atoms with Gasteiger partial charge in [-0.25, -0.2) is 9.59 Å². The normalized spacial score (nSPS) is 25.5. The number of hydrogen-bond acceptors (Lipinski definition) is 4. The van der Waals surface area contributed by atoms with E-state index < -0.39 is 6.04 Å². The molecule has 6 nitrogen and oxygen atoms in total. The lowest BCUT2D eigenvalue weighted by Crippen LogP contribution is -2.45. The molecule has 3 atom stereocenters. The Hall–Kier alpha value is -2.50. The summed E-state index contributed by atoms with van der Waals surface area (Å²) in [7, 11) is 0. The summed E-state index contributed by atoms with van der Waals surface area (Å²) < 4.78 is 11.2. The van der Waals surface area contributed by atoms with Crippen LogP contribution in [0.1, 0.15) is 51.6 Å². The molecule has 0 spiro atoms. The van der Waals surface area contributed by atoms with E-state index in [-0.39, 0.29) is 18.1 Å². The Morgan fingerprint density at radius 1 is 1.23 bits per heavy atom. The van der Waals surface area contributed by atoms with Gasteiger partial charge in [0.2, 0.25) is 0 Å². The maximum Gasteiger partial charge on any atom is 0.338 e. The van der Waals surface area contributed by atoms with Gasteiger partial charge in [-0.1, -0.05) is 19.1 Å². The predicted octanol–water partition coefficient (Wildman–Crippen LogP) is 3.45. The lowest BCUT2D eigenvalue weighted by molar-refractivity contribution is -0.146. The van der Waals surface area contributed by atoms with Crippen molar-refractivity contribution in [3.05, 3.63) is 41.1 Å². The number of benzene rings is 1. The molecule has 1 fully saturated rings. The number of carbonyl (C=O) groups is 2. The standard InChI is InChI=1S/C20H26N2O4/c1-4-25-15-10-8-14(9-11-15)18-17(13(3)21-20(24)22-18)19(23)26-16-7-5-6-12(16)2/h8-12,16,18H,4-7H2,1-3H3,(H2,21,22,24)/t12-,16-,18+/m1/s1. The number of nitrogens with one attached hydrogen (secondary N) is 2. The first kappa shape index (κ1) is 18.3. The second kappa shape index (κ2) is 7.81. The molecule has 140 valence electrons. The van der Waals surface area contributed by atoms with Crippen LogP contribution in [0.25, 0.3) is 0 Å². The van der Waals surface area contributed by atoms with Crippen LogP contribution in [0, 0.1) is 5.92 Å². The zero-order chi connectivity index (χ0) is 18.7. The minimum Gasteiger partial charge on any atom is -0.494 e. The van der Waals surface area contributed by atoms with Gasteiger partial charge in [-0.15, -0.1) is 0 Å². The number of allylic oxidation sites excluding steroid dienone is 1. The first-order chi connectivity index (χ1) is 12.5. The van der Waals surface area contributed by atoms with Gasteiger partial charge >= 0.3 is 12.0 Å². The van der Waals surface area contributed by atoms with Crippen LogP contribution < -0.4 is 15.4 Å². The lowest BCUT2D eigenvalue weighted by Gasteiger charge is -2.29. The van der Waals surface area contributed by atoms with Crippen molar-refractivity contribution in [3.63, 3.8) is 0 Å². The summed E-state index contributed by atoms with van der Waals surface area (Å²) in [5, 5.41) is 5.51. The van der Waals surface area contributed by atoms with E-state index in [2.05, 4.69) is 17.6 Å². The average molecular weight is 358 g/mol. The second-order valence-electron chi connectivity index (χ2n) is 6.92. The Kier molecular flexibility index (Phi) is 5.49. The first-order valence-electron chi connectivity index (χ1n) is 9.21. The van der Waals surface area contributed by atoms with Crippen molar-refractivity contribution in [2.75, 3.05) is 6.61 Å². The summed E-state index contributed by atoms with van der Waals surface area (Å²) in [4.78, 5) is 24.8. The zero-order valence-corrected chi connectivity index (χ0v) is 15.5. The molecule has 26 heavy (non-hydrogen) atoms. The summed E-state index contributed by atoms with van der Waals surface area (Å²) in [6.07, 6.45) is 3.00. The molecule has 2 N–H and O–H groups in total. The third-order valence-electron chi connectivity index (χ3n) is 5.05. The fourth-order valence-corrected chi connectivity index (χ4v) is 3.63. The van der Waals surface area contributed by atoms with Gasteiger partial charge in [0.05, 0.1) is 18.2 Å². The Bertz CT molecular complexity index is 711. The molecule has 1 heterocycles. The van der Waals surface area contributed by atoms with Gasteiger partial charge in [-0.2, -0.15) is 0 Å². The minimum absolute atomic E-state index is 0.0543. The van der Waals surface area contributed by atoms with Gasteiger partial charge in [-0.05, 0) is 56.7 Å². The van der Waals surface area contributed by atoms with E-state index >= 15 is 0 Å². The number of rotatable bonds is 5. The summed E-state index contributed by atoms with van der Waals surface area (Å²) in [5.74, 6) is 0.753. The molecule has 0 aromatic heterocycles. The summed E-state index contributed by atoms with van der Waals surface area (Å²) in [6.45, 7) is 6.34. The Morgan fingerprint density at radius 3 is 2.58 bits per heavy atom. The Balaban J connectivity index is 1.85. The highest BCUT2D eigenvalue weighted by Crippen LogP contribution is 2.32. The number of esters is 1. The third-order valence-corrected chi connectivity index (χ3v) is 5.05. The quantitative estimate of drug-likeness (QED) is 0.791. The molecule has 0 bridgehead atoms. The predicted molar refractivity (Wildman–Crippen MR) is 97.6 cm³/mol. The number of hydrogen-bond donors (Lipinski definition) is 2. The van der Waals surface area contributed by atoms with E-state index in [1.807, 2.05) is 31.2 Å². The molecule has 2 aliphatic rings. The molecule has 0 saturated heterocycles. The molecular formula is C20H26N2O4. The summed E-state index contributed by atoms with van der Waals surface area (Å²) >= 11 is 0. The van der Waals surface area contributed by atoms with Crippen LogP contribution in [0.4, 0.5) is 4.79 Å². The molecule has 0 radical (unpaired) electrons. The van der Waals surface area contributed by atoms with Gasteiger partial charge < -0.3 is 20.1 Å². The minimum atomic E-state index is -0.538. The smallest absolute Gasteiger partial charge is 0.338 e. The molecule has 3 rings (SSSR count). The molecule has 6 heteroatoms. The maximum atomic E-state index is 12.9. The van der Waals surface area contributed by atoms with Gasteiger partial charge in [-0.3, -0.25) is 0 Å². The van der Waals surface area contributed by atoms with Crippen molar-refractivity contribution < 1.29 is 19.1 Å². The number of ether oxygens (including phenoxy) is 2.